The van der Waals surface area contributed by atoms with Gasteiger partial charge in [0.15, 0.2) is 0 Å². The van der Waals surface area contributed by atoms with Gasteiger partial charge in [-0.2, -0.15) is 0 Å². The Bertz CT molecular complexity index is 548. The van der Waals surface area contributed by atoms with Crippen molar-refractivity contribution in [3.63, 3.8) is 0 Å². The maximum Gasteiger partial charge on any atom is 0.328 e. The van der Waals surface area contributed by atoms with Crippen LogP contribution in [0, 0.1) is 5.92 Å². The fourth-order valence-corrected chi connectivity index (χ4v) is 2.64. The Morgan fingerprint density at radius 3 is 2.48 bits per heavy atom. The maximum atomic E-state index is 12.5. The molecule has 2 rings (SSSR count). The van der Waals surface area contributed by atoms with Crippen molar-refractivity contribution < 1.29 is 14.7 Å². The highest BCUT2D eigenvalue weighted by molar-refractivity contribution is 5.95. The molecule has 0 radical (unpaired) electrons. The minimum atomic E-state index is -0.980. The van der Waals surface area contributed by atoms with E-state index >= 15 is 0 Å². The highest BCUT2D eigenvalue weighted by Gasteiger charge is 2.27. The van der Waals surface area contributed by atoms with Crippen LogP contribution in [0.4, 0.5) is 0 Å². The monoisotopic (exact) mass is 287 g/mol. The third-order valence-electron chi connectivity index (χ3n) is 3.95. The summed E-state index contributed by atoms with van der Waals surface area (Å²) in [4.78, 5) is 25.0. The van der Waals surface area contributed by atoms with Crippen molar-refractivity contribution in [3.05, 3.63) is 41.5 Å². The molecule has 1 saturated heterocycles. The molecule has 1 amide bonds. The summed E-state index contributed by atoms with van der Waals surface area (Å²) in [6, 6.07) is 7.33. The number of piperidine rings is 1. The Kier molecular flexibility index (Phi) is 4.78. The highest BCUT2D eigenvalue weighted by atomic mass is 16.4. The standard InChI is InChI=1S/C17H21NO3/c1-12-3-4-13(2)18(11-12)17(21)15-8-5-14(6-9-15)7-10-16(19)20/h5-10,12-13H,3-4,11H2,1-2H3,(H,19,20). The topological polar surface area (TPSA) is 57.6 Å². The number of rotatable bonds is 3. The fourth-order valence-electron chi connectivity index (χ4n) is 2.64. The lowest BCUT2D eigenvalue weighted by Crippen LogP contribution is -2.44. The van der Waals surface area contributed by atoms with Crippen molar-refractivity contribution in [2.45, 2.75) is 32.7 Å². The van der Waals surface area contributed by atoms with Crippen molar-refractivity contribution in [2.24, 2.45) is 5.92 Å². The first-order valence-corrected chi connectivity index (χ1v) is 7.29. The number of carbonyl (C=O) groups is 2. The first-order chi connectivity index (χ1) is 9.97. The van der Waals surface area contributed by atoms with Gasteiger partial charge in [-0.15, -0.1) is 0 Å². The van der Waals surface area contributed by atoms with E-state index in [1.165, 1.54) is 12.5 Å². The molecule has 4 heteroatoms. The van der Waals surface area contributed by atoms with Gasteiger partial charge < -0.3 is 10.0 Å². The number of carboxylic acid groups (broad SMARTS) is 1. The number of likely N-dealkylation sites (tertiary alicyclic amines) is 1. The van der Waals surface area contributed by atoms with Gasteiger partial charge in [0.05, 0.1) is 0 Å². The first kappa shape index (κ1) is 15.3. The van der Waals surface area contributed by atoms with Gasteiger partial charge >= 0.3 is 5.97 Å². The summed E-state index contributed by atoms with van der Waals surface area (Å²) in [6.07, 6.45) is 4.82. The van der Waals surface area contributed by atoms with E-state index in [1.54, 1.807) is 24.3 Å². The molecular weight excluding hydrogens is 266 g/mol. The van der Waals surface area contributed by atoms with E-state index in [-0.39, 0.29) is 11.9 Å². The highest BCUT2D eigenvalue weighted by Crippen LogP contribution is 2.23. The van der Waals surface area contributed by atoms with Crippen molar-refractivity contribution in [1.82, 2.24) is 4.90 Å². The van der Waals surface area contributed by atoms with E-state index < -0.39 is 5.97 Å². The molecule has 1 N–H and O–H groups in total. The van der Waals surface area contributed by atoms with E-state index in [9.17, 15) is 9.59 Å². The Morgan fingerprint density at radius 2 is 1.86 bits per heavy atom. The molecule has 2 atom stereocenters. The Hall–Kier alpha value is -2.10. The molecule has 1 aromatic carbocycles. The molecule has 0 spiro atoms. The van der Waals surface area contributed by atoms with E-state index in [4.69, 9.17) is 5.11 Å². The smallest absolute Gasteiger partial charge is 0.328 e. The average molecular weight is 287 g/mol. The van der Waals surface area contributed by atoms with Crippen molar-refractivity contribution in [2.75, 3.05) is 6.54 Å². The second-order valence-electron chi connectivity index (χ2n) is 5.78. The zero-order valence-electron chi connectivity index (χ0n) is 12.5. The minimum Gasteiger partial charge on any atom is -0.478 e. The third-order valence-corrected chi connectivity index (χ3v) is 3.95. The lowest BCUT2D eigenvalue weighted by atomic mass is 9.94. The van der Waals surface area contributed by atoms with Crippen LogP contribution in [0.2, 0.25) is 0 Å². The van der Waals surface area contributed by atoms with Gasteiger partial charge in [0.25, 0.3) is 5.91 Å². The van der Waals surface area contributed by atoms with Crippen LogP contribution < -0.4 is 0 Å². The predicted octanol–water partition coefficient (Wildman–Crippen LogP) is 3.05. The second kappa shape index (κ2) is 6.57. The van der Waals surface area contributed by atoms with E-state index in [2.05, 4.69) is 13.8 Å². The molecule has 0 aliphatic carbocycles. The summed E-state index contributed by atoms with van der Waals surface area (Å²) < 4.78 is 0. The molecule has 1 fully saturated rings. The average Bonchev–Trinajstić information content (AvgIpc) is 2.47. The van der Waals surface area contributed by atoms with Crippen LogP contribution in [0.15, 0.2) is 30.3 Å². The van der Waals surface area contributed by atoms with Gasteiger partial charge in [-0.1, -0.05) is 19.1 Å². The maximum absolute atomic E-state index is 12.5. The fraction of sp³-hybridized carbons (Fsp3) is 0.412. The van der Waals surface area contributed by atoms with Crippen LogP contribution in [0.1, 0.15) is 42.6 Å². The molecule has 4 nitrogen and oxygen atoms in total. The molecule has 112 valence electrons. The largest absolute Gasteiger partial charge is 0.478 e. The lowest BCUT2D eigenvalue weighted by molar-refractivity contribution is -0.131. The van der Waals surface area contributed by atoms with Crippen LogP contribution in [0.3, 0.4) is 0 Å². The number of hydrogen-bond acceptors (Lipinski definition) is 2. The number of hydrogen-bond donors (Lipinski definition) is 1. The number of nitrogens with zero attached hydrogens (tertiary/aromatic N) is 1. The lowest BCUT2D eigenvalue weighted by Gasteiger charge is -2.36. The van der Waals surface area contributed by atoms with Crippen LogP contribution in [0.25, 0.3) is 6.08 Å². The molecule has 21 heavy (non-hydrogen) atoms. The van der Waals surface area contributed by atoms with Crippen molar-refractivity contribution >= 4 is 18.0 Å². The Labute approximate surface area is 125 Å². The first-order valence-electron chi connectivity index (χ1n) is 7.29. The number of benzene rings is 1. The van der Waals surface area contributed by atoms with Gasteiger partial charge in [-0.3, -0.25) is 4.79 Å². The molecule has 1 aliphatic heterocycles. The number of carboxylic acids is 1. The minimum absolute atomic E-state index is 0.0582. The Morgan fingerprint density at radius 1 is 1.19 bits per heavy atom. The van der Waals surface area contributed by atoms with Crippen LogP contribution >= 0.6 is 0 Å². The number of carbonyl (C=O) groups excluding carboxylic acids is 1. The number of amides is 1. The summed E-state index contributed by atoms with van der Waals surface area (Å²) in [5, 5.41) is 8.59. The van der Waals surface area contributed by atoms with E-state index in [0.717, 1.165) is 24.6 Å². The summed E-state index contributed by atoms with van der Waals surface area (Å²) >= 11 is 0. The summed E-state index contributed by atoms with van der Waals surface area (Å²) in [7, 11) is 0. The molecule has 1 aromatic rings. The van der Waals surface area contributed by atoms with Crippen molar-refractivity contribution in [1.29, 1.82) is 0 Å². The summed E-state index contributed by atoms with van der Waals surface area (Å²) in [5.74, 6) is -0.378. The van der Waals surface area contributed by atoms with Crippen LogP contribution in [-0.4, -0.2) is 34.5 Å². The van der Waals surface area contributed by atoms with Gasteiger partial charge in [-0.05, 0) is 49.5 Å². The summed E-state index contributed by atoms with van der Waals surface area (Å²) in [5.41, 5.74) is 1.43. The van der Waals surface area contributed by atoms with Crippen LogP contribution in [-0.2, 0) is 4.79 Å². The molecule has 1 aliphatic rings. The van der Waals surface area contributed by atoms with Gasteiger partial charge in [-0.25, -0.2) is 4.79 Å². The molecular formula is C17H21NO3. The second-order valence-corrected chi connectivity index (χ2v) is 5.78. The predicted molar refractivity (Wildman–Crippen MR) is 82.0 cm³/mol. The molecule has 1 heterocycles. The van der Waals surface area contributed by atoms with Crippen molar-refractivity contribution in [3.8, 4) is 0 Å². The molecule has 0 bridgehead atoms. The zero-order chi connectivity index (χ0) is 15.4. The summed E-state index contributed by atoms with van der Waals surface area (Å²) in [6.45, 7) is 5.07. The SMILES string of the molecule is CC1CCC(C)N(C(=O)c2ccc(C=CC(=O)O)cc2)C1. The van der Waals surface area contributed by atoms with Crippen LogP contribution in [0.5, 0.6) is 0 Å². The number of aliphatic carboxylic acids is 1. The van der Waals surface area contributed by atoms with Gasteiger partial charge in [0.2, 0.25) is 0 Å². The molecule has 0 saturated carbocycles. The van der Waals surface area contributed by atoms with Gasteiger partial charge in [0.1, 0.15) is 0 Å². The quantitative estimate of drug-likeness (QED) is 0.869. The van der Waals surface area contributed by atoms with Gasteiger partial charge in [0, 0.05) is 24.2 Å². The van der Waals surface area contributed by atoms with E-state index in [0.29, 0.717) is 11.5 Å². The molecule has 0 aromatic heterocycles. The normalized spacial score (nSPS) is 22.5. The molecule has 2 unspecified atom stereocenters. The Balaban J connectivity index is 2.10. The third kappa shape index (κ3) is 3.94. The zero-order valence-corrected chi connectivity index (χ0v) is 12.5. The van der Waals surface area contributed by atoms with E-state index in [1.807, 2.05) is 4.90 Å².